The van der Waals surface area contributed by atoms with Gasteiger partial charge in [0.05, 0.1) is 29.9 Å². The van der Waals surface area contributed by atoms with Gasteiger partial charge in [0.1, 0.15) is 17.3 Å². The maximum atomic E-state index is 12.2. The molecule has 30 heavy (non-hydrogen) atoms. The molecule has 0 aliphatic heterocycles. The number of carbonyl (C=O) groups excluding carboxylic acids is 1. The molecule has 0 atom stereocenters. The topological polar surface area (TPSA) is 136 Å². The summed E-state index contributed by atoms with van der Waals surface area (Å²) in [7, 11) is 1.42. The standard InChI is InChI=1S/C20H21N5O5/c1-20(2,3)18-10-15(22-23-18)19(26)24-21-11-13-6-8-16(30-13)14-7-5-12(25(27)28)9-17(14)29-4/h5-11H,1-4H3,(H,22,23)(H,24,26)/b21-11-. The molecule has 0 saturated heterocycles. The average Bonchev–Trinajstić information content (AvgIpc) is 3.37. The lowest BCUT2D eigenvalue weighted by Gasteiger charge is -2.14. The zero-order chi connectivity index (χ0) is 21.9. The quantitative estimate of drug-likeness (QED) is 0.361. The summed E-state index contributed by atoms with van der Waals surface area (Å²) >= 11 is 0. The SMILES string of the molecule is COc1cc([N+](=O)[O-])ccc1-c1ccc(/C=N\NC(=O)c2cc(C(C)(C)C)[nH]n2)o1. The molecule has 10 nitrogen and oxygen atoms in total. The van der Waals surface area contributed by atoms with Crippen molar-refractivity contribution in [3.8, 4) is 17.1 Å². The Morgan fingerprint density at radius 1 is 1.30 bits per heavy atom. The molecular weight excluding hydrogens is 390 g/mol. The number of nitrogens with one attached hydrogen (secondary N) is 2. The van der Waals surface area contributed by atoms with Crippen molar-refractivity contribution in [3.63, 3.8) is 0 Å². The molecule has 0 spiro atoms. The number of furan rings is 1. The van der Waals surface area contributed by atoms with Crippen LogP contribution in [0.3, 0.4) is 0 Å². The molecule has 0 bridgehead atoms. The molecular formula is C20H21N5O5. The molecule has 1 aromatic carbocycles. The summed E-state index contributed by atoms with van der Waals surface area (Å²) in [6.45, 7) is 6.03. The minimum absolute atomic E-state index is 0.0837. The van der Waals surface area contributed by atoms with Gasteiger partial charge in [-0.25, -0.2) is 5.43 Å². The second-order valence-electron chi connectivity index (χ2n) is 7.46. The lowest BCUT2D eigenvalue weighted by Crippen LogP contribution is -2.18. The van der Waals surface area contributed by atoms with Gasteiger partial charge < -0.3 is 9.15 Å². The van der Waals surface area contributed by atoms with Gasteiger partial charge in [-0.05, 0) is 24.3 Å². The zero-order valence-electron chi connectivity index (χ0n) is 16.9. The van der Waals surface area contributed by atoms with Gasteiger partial charge in [-0.15, -0.1) is 0 Å². The molecule has 0 fully saturated rings. The van der Waals surface area contributed by atoms with Gasteiger partial charge in [0.2, 0.25) is 0 Å². The fourth-order valence-electron chi connectivity index (χ4n) is 2.60. The van der Waals surface area contributed by atoms with E-state index in [1.807, 2.05) is 20.8 Å². The lowest BCUT2D eigenvalue weighted by molar-refractivity contribution is -0.384. The molecule has 0 saturated carbocycles. The third-order valence-corrected chi connectivity index (χ3v) is 4.26. The molecule has 10 heteroatoms. The number of non-ortho nitro benzene ring substituents is 1. The molecule has 3 aromatic rings. The Kier molecular flexibility index (Phi) is 5.67. The molecule has 0 aliphatic rings. The van der Waals surface area contributed by atoms with E-state index in [2.05, 4.69) is 20.7 Å². The Hall–Kier alpha value is -3.95. The smallest absolute Gasteiger partial charge is 0.291 e. The Labute approximate surface area is 172 Å². The fraction of sp³-hybridized carbons (Fsp3) is 0.250. The molecule has 0 unspecified atom stereocenters. The summed E-state index contributed by atoms with van der Waals surface area (Å²) in [6, 6.07) is 9.24. The van der Waals surface area contributed by atoms with Gasteiger partial charge >= 0.3 is 0 Å². The van der Waals surface area contributed by atoms with Crippen LogP contribution >= 0.6 is 0 Å². The Morgan fingerprint density at radius 2 is 2.07 bits per heavy atom. The fourth-order valence-corrected chi connectivity index (χ4v) is 2.60. The van der Waals surface area contributed by atoms with Crippen LogP contribution in [0.4, 0.5) is 5.69 Å². The van der Waals surface area contributed by atoms with Gasteiger partial charge in [0.25, 0.3) is 11.6 Å². The summed E-state index contributed by atoms with van der Waals surface area (Å²) in [5.41, 5.74) is 3.77. The first-order valence-electron chi connectivity index (χ1n) is 9.01. The number of hydrogen-bond acceptors (Lipinski definition) is 7. The van der Waals surface area contributed by atoms with Gasteiger partial charge in [0.15, 0.2) is 5.69 Å². The van der Waals surface area contributed by atoms with Crippen molar-refractivity contribution in [3.05, 3.63) is 63.7 Å². The molecule has 2 N–H and O–H groups in total. The summed E-state index contributed by atoms with van der Waals surface area (Å²) in [5, 5.41) is 21.6. The van der Waals surface area contributed by atoms with Crippen LogP contribution in [-0.4, -0.2) is 34.4 Å². The predicted octanol–water partition coefficient (Wildman–Crippen LogP) is 3.65. The number of methoxy groups -OCH3 is 1. The van der Waals surface area contributed by atoms with E-state index < -0.39 is 10.8 Å². The van der Waals surface area contributed by atoms with Crippen LogP contribution in [0.2, 0.25) is 0 Å². The number of ether oxygens (including phenoxy) is 1. The van der Waals surface area contributed by atoms with Crippen LogP contribution in [0, 0.1) is 10.1 Å². The zero-order valence-corrected chi connectivity index (χ0v) is 16.9. The highest BCUT2D eigenvalue weighted by atomic mass is 16.6. The third kappa shape index (κ3) is 4.54. The predicted molar refractivity (Wildman–Crippen MR) is 110 cm³/mol. The highest BCUT2D eigenvalue weighted by Crippen LogP contribution is 2.34. The van der Waals surface area contributed by atoms with Crippen LogP contribution in [0.25, 0.3) is 11.3 Å². The number of nitro groups is 1. The number of aromatic nitrogens is 2. The highest BCUT2D eigenvalue weighted by molar-refractivity contribution is 5.93. The van der Waals surface area contributed by atoms with Crippen molar-refractivity contribution >= 4 is 17.8 Å². The number of aromatic amines is 1. The second kappa shape index (κ2) is 8.19. The number of hydrogen-bond donors (Lipinski definition) is 2. The van der Waals surface area contributed by atoms with Gasteiger partial charge in [-0.2, -0.15) is 10.2 Å². The van der Waals surface area contributed by atoms with Crippen molar-refractivity contribution in [1.82, 2.24) is 15.6 Å². The molecule has 2 heterocycles. The lowest BCUT2D eigenvalue weighted by atomic mass is 9.92. The summed E-state index contributed by atoms with van der Waals surface area (Å²) in [4.78, 5) is 22.6. The molecule has 0 aliphatic carbocycles. The Morgan fingerprint density at radius 3 is 2.70 bits per heavy atom. The maximum absolute atomic E-state index is 12.2. The van der Waals surface area contributed by atoms with Crippen LogP contribution in [0.1, 0.15) is 42.7 Å². The van der Waals surface area contributed by atoms with Crippen molar-refractivity contribution < 1.29 is 18.9 Å². The second-order valence-corrected chi connectivity index (χ2v) is 7.46. The molecule has 3 rings (SSSR count). The number of rotatable bonds is 6. The largest absolute Gasteiger partial charge is 0.496 e. The van der Waals surface area contributed by atoms with E-state index in [0.29, 0.717) is 22.8 Å². The average molecular weight is 411 g/mol. The van der Waals surface area contributed by atoms with E-state index in [1.54, 1.807) is 24.3 Å². The normalized spacial score (nSPS) is 11.6. The van der Waals surface area contributed by atoms with Crippen molar-refractivity contribution in [2.75, 3.05) is 7.11 Å². The first-order chi connectivity index (χ1) is 14.2. The molecule has 156 valence electrons. The van der Waals surface area contributed by atoms with Crippen molar-refractivity contribution in [1.29, 1.82) is 0 Å². The third-order valence-electron chi connectivity index (χ3n) is 4.26. The first kappa shape index (κ1) is 20.8. The van der Waals surface area contributed by atoms with Crippen molar-refractivity contribution in [2.24, 2.45) is 5.10 Å². The van der Waals surface area contributed by atoms with E-state index in [-0.39, 0.29) is 16.8 Å². The van der Waals surface area contributed by atoms with E-state index in [4.69, 9.17) is 9.15 Å². The highest BCUT2D eigenvalue weighted by Gasteiger charge is 2.19. The Balaban J connectivity index is 1.70. The summed E-state index contributed by atoms with van der Waals surface area (Å²) < 4.78 is 10.9. The van der Waals surface area contributed by atoms with E-state index >= 15 is 0 Å². The van der Waals surface area contributed by atoms with E-state index in [0.717, 1.165) is 5.69 Å². The molecule has 2 aromatic heterocycles. The molecule has 1 amide bonds. The van der Waals surface area contributed by atoms with Gasteiger partial charge in [0, 0.05) is 17.2 Å². The monoisotopic (exact) mass is 411 g/mol. The first-order valence-corrected chi connectivity index (χ1v) is 9.01. The van der Waals surface area contributed by atoms with Gasteiger partial charge in [-0.3, -0.25) is 20.0 Å². The number of nitrogens with zero attached hydrogens (tertiary/aromatic N) is 3. The van der Waals surface area contributed by atoms with Crippen LogP contribution in [-0.2, 0) is 5.41 Å². The minimum atomic E-state index is -0.501. The maximum Gasteiger partial charge on any atom is 0.291 e. The Bertz CT molecular complexity index is 1110. The van der Waals surface area contributed by atoms with Crippen LogP contribution in [0.5, 0.6) is 5.75 Å². The number of nitro benzene ring substituents is 1. The minimum Gasteiger partial charge on any atom is -0.496 e. The summed E-state index contributed by atoms with van der Waals surface area (Å²) in [5.74, 6) is 0.671. The van der Waals surface area contributed by atoms with Crippen molar-refractivity contribution in [2.45, 2.75) is 26.2 Å². The number of carbonyl (C=O) groups is 1. The van der Waals surface area contributed by atoms with Crippen LogP contribution < -0.4 is 10.2 Å². The number of benzene rings is 1. The molecule has 0 radical (unpaired) electrons. The number of hydrazone groups is 1. The van der Waals surface area contributed by atoms with Crippen LogP contribution in [0.15, 0.2) is 45.9 Å². The number of amides is 1. The van der Waals surface area contributed by atoms with E-state index in [1.165, 1.54) is 25.5 Å². The van der Waals surface area contributed by atoms with Gasteiger partial charge in [-0.1, -0.05) is 20.8 Å². The van der Waals surface area contributed by atoms with E-state index in [9.17, 15) is 14.9 Å². The number of H-pyrrole nitrogens is 1. The summed E-state index contributed by atoms with van der Waals surface area (Å²) in [6.07, 6.45) is 1.34.